The zero-order valence-corrected chi connectivity index (χ0v) is 21.8. The number of hydrogen-bond donors (Lipinski definition) is 2. The van der Waals surface area contributed by atoms with Gasteiger partial charge in [0.1, 0.15) is 27.1 Å². The van der Waals surface area contributed by atoms with E-state index in [2.05, 4.69) is 4.99 Å². The molecule has 1 heterocycles. The Bertz CT molecular complexity index is 1900. The molecule has 0 spiro atoms. The minimum atomic E-state index is -5.03. The minimum absolute atomic E-state index is 0.00732. The number of aliphatic imine (C=N–C) groups is 1. The van der Waals surface area contributed by atoms with Gasteiger partial charge in [0.25, 0.3) is 26.1 Å². The normalized spacial score (nSPS) is 15.2. The van der Waals surface area contributed by atoms with Crippen LogP contribution in [-0.4, -0.2) is 44.8 Å². The van der Waals surface area contributed by atoms with Gasteiger partial charge in [-0.05, 0) is 35.9 Å². The summed E-state index contributed by atoms with van der Waals surface area (Å²) >= 11 is 0. The summed E-state index contributed by atoms with van der Waals surface area (Å²) in [6.45, 7) is 0. The van der Waals surface area contributed by atoms with Crippen LogP contribution in [0.3, 0.4) is 0 Å². The van der Waals surface area contributed by atoms with Gasteiger partial charge in [0.2, 0.25) is 0 Å². The van der Waals surface area contributed by atoms with Crippen LogP contribution in [0.1, 0.15) is 11.1 Å². The molecule has 0 fully saturated rings. The maximum absolute atomic E-state index is 13.8. The number of anilines is 1. The van der Waals surface area contributed by atoms with E-state index in [4.69, 9.17) is 4.74 Å². The van der Waals surface area contributed by atoms with Crippen molar-refractivity contribution in [2.75, 3.05) is 12.0 Å². The molecule has 198 valence electrons. The monoisotopic (exact) mass is 564 g/mol. The molecule has 4 aromatic rings. The third kappa shape index (κ3) is 4.93. The van der Waals surface area contributed by atoms with E-state index in [0.717, 1.165) is 11.0 Å². The summed E-state index contributed by atoms with van der Waals surface area (Å²) in [6.07, 6.45) is 1.52. The van der Waals surface area contributed by atoms with Gasteiger partial charge in [0, 0.05) is 16.3 Å². The van der Waals surface area contributed by atoms with Gasteiger partial charge >= 0.3 is 0 Å². The van der Waals surface area contributed by atoms with E-state index in [1.807, 2.05) is 0 Å². The Balaban J connectivity index is 1.77. The van der Waals surface area contributed by atoms with Crippen LogP contribution in [0.5, 0.6) is 5.75 Å². The maximum atomic E-state index is 13.8. The lowest BCUT2D eigenvalue weighted by Gasteiger charge is -2.22. The van der Waals surface area contributed by atoms with Crippen molar-refractivity contribution in [2.45, 2.75) is 9.79 Å². The molecule has 0 saturated heterocycles. The molecule has 12 heteroatoms. The molecule has 1 amide bonds. The number of amides is 1. The van der Waals surface area contributed by atoms with Crippen molar-refractivity contribution in [1.29, 1.82) is 0 Å². The van der Waals surface area contributed by atoms with Crippen LogP contribution >= 0.6 is 0 Å². The second-order valence-electron chi connectivity index (χ2n) is 8.46. The van der Waals surface area contributed by atoms with Crippen LogP contribution in [0.25, 0.3) is 16.8 Å². The molecule has 0 aliphatic carbocycles. The average molecular weight is 565 g/mol. The number of amidine groups is 1. The lowest BCUT2D eigenvalue weighted by molar-refractivity contribution is -0.113. The number of carbonyl (C=O) groups excluding carboxylic acids is 1. The summed E-state index contributed by atoms with van der Waals surface area (Å²) in [6, 6.07) is 21.4. The molecule has 0 aromatic heterocycles. The predicted molar refractivity (Wildman–Crippen MR) is 145 cm³/mol. The van der Waals surface area contributed by atoms with Gasteiger partial charge in [-0.15, -0.1) is 0 Å². The Morgan fingerprint density at radius 1 is 0.795 bits per heavy atom. The first-order valence-corrected chi connectivity index (χ1v) is 14.2. The molecule has 4 aromatic carbocycles. The van der Waals surface area contributed by atoms with Crippen molar-refractivity contribution in [3.05, 3.63) is 102 Å². The van der Waals surface area contributed by atoms with Gasteiger partial charge < -0.3 is 4.74 Å². The van der Waals surface area contributed by atoms with Gasteiger partial charge in [0.15, 0.2) is 0 Å². The number of benzene rings is 4. The SMILES string of the molecule is COc1ccc(C=C2N=C(c3ccccc3)N(c3ccc4c(S(=O)(=O)O)cccc4c3S(=O)(=O)O)C2=O)cc1. The van der Waals surface area contributed by atoms with Crippen molar-refractivity contribution in [3.8, 4) is 5.75 Å². The first-order chi connectivity index (χ1) is 18.5. The van der Waals surface area contributed by atoms with Crippen LogP contribution in [0, 0.1) is 0 Å². The third-order valence-electron chi connectivity index (χ3n) is 6.04. The summed E-state index contributed by atoms with van der Waals surface area (Å²) in [5, 5.41) is -0.367. The van der Waals surface area contributed by atoms with E-state index < -0.39 is 35.9 Å². The van der Waals surface area contributed by atoms with Crippen molar-refractivity contribution in [2.24, 2.45) is 4.99 Å². The fourth-order valence-corrected chi connectivity index (χ4v) is 5.93. The lowest BCUT2D eigenvalue weighted by Crippen LogP contribution is -2.34. The fraction of sp³-hybridized carbons (Fsp3) is 0.0370. The minimum Gasteiger partial charge on any atom is -0.497 e. The van der Waals surface area contributed by atoms with Crippen molar-refractivity contribution < 1.29 is 35.5 Å². The Morgan fingerprint density at radius 3 is 2.10 bits per heavy atom. The first-order valence-electron chi connectivity index (χ1n) is 11.3. The first kappa shape index (κ1) is 26.3. The van der Waals surface area contributed by atoms with E-state index >= 15 is 0 Å². The molecule has 0 bridgehead atoms. The molecule has 0 saturated carbocycles. The third-order valence-corrected chi connectivity index (χ3v) is 7.90. The molecule has 0 radical (unpaired) electrons. The quantitative estimate of drug-likeness (QED) is 0.262. The number of hydrogen-bond acceptors (Lipinski definition) is 7. The van der Waals surface area contributed by atoms with Gasteiger partial charge in [-0.1, -0.05) is 60.7 Å². The highest BCUT2D eigenvalue weighted by molar-refractivity contribution is 7.86. The van der Waals surface area contributed by atoms with Gasteiger partial charge in [0.05, 0.1) is 12.8 Å². The Labute approximate surface area is 224 Å². The van der Waals surface area contributed by atoms with Crippen LogP contribution < -0.4 is 9.64 Å². The zero-order chi connectivity index (χ0) is 27.9. The molecule has 0 atom stereocenters. The van der Waals surface area contributed by atoms with Gasteiger partial charge in [-0.2, -0.15) is 16.8 Å². The zero-order valence-electron chi connectivity index (χ0n) is 20.2. The van der Waals surface area contributed by atoms with Gasteiger partial charge in [-0.3, -0.25) is 18.8 Å². The Kier molecular flexibility index (Phi) is 6.56. The Hall–Kier alpha value is -4.36. The second-order valence-corrected chi connectivity index (χ2v) is 11.2. The van der Waals surface area contributed by atoms with E-state index in [1.54, 1.807) is 54.6 Å². The topological polar surface area (TPSA) is 151 Å². The summed E-state index contributed by atoms with van der Waals surface area (Å²) in [5.74, 6) is 0.0265. The average Bonchev–Trinajstić information content (AvgIpc) is 3.22. The number of methoxy groups -OCH3 is 1. The van der Waals surface area contributed by atoms with Crippen LogP contribution in [0.2, 0.25) is 0 Å². The number of fused-ring (bicyclic) bond motifs is 1. The molecular formula is C27H20N2O8S2. The van der Waals surface area contributed by atoms with Crippen molar-refractivity contribution >= 4 is 54.5 Å². The molecule has 0 unspecified atom stereocenters. The molecule has 1 aliphatic heterocycles. The van der Waals surface area contributed by atoms with Crippen molar-refractivity contribution in [3.63, 3.8) is 0 Å². The smallest absolute Gasteiger partial charge is 0.297 e. The van der Waals surface area contributed by atoms with E-state index in [1.165, 1.54) is 37.5 Å². The van der Waals surface area contributed by atoms with E-state index in [9.17, 15) is 30.7 Å². The summed E-state index contributed by atoms with van der Waals surface area (Å²) < 4.78 is 74.4. The molecule has 39 heavy (non-hydrogen) atoms. The lowest BCUT2D eigenvalue weighted by atomic mass is 10.1. The predicted octanol–water partition coefficient (Wildman–Crippen LogP) is 4.18. The highest BCUT2D eigenvalue weighted by atomic mass is 32.2. The number of nitrogens with zero attached hydrogens (tertiary/aromatic N) is 2. The number of carbonyl (C=O) groups is 1. The highest BCUT2D eigenvalue weighted by Crippen LogP contribution is 2.38. The number of ether oxygens (including phenoxy) is 1. The second kappa shape index (κ2) is 9.75. The maximum Gasteiger partial charge on any atom is 0.297 e. The highest BCUT2D eigenvalue weighted by Gasteiger charge is 2.37. The van der Waals surface area contributed by atoms with Gasteiger partial charge in [-0.25, -0.2) is 4.99 Å². The van der Waals surface area contributed by atoms with Crippen LogP contribution in [0.15, 0.2) is 105 Å². The molecule has 5 rings (SSSR count). The van der Waals surface area contributed by atoms with E-state index in [0.29, 0.717) is 16.9 Å². The summed E-state index contributed by atoms with van der Waals surface area (Å²) in [5.41, 5.74) is 0.857. The van der Waals surface area contributed by atoms with Crippen molar-refractivity contribution in [1.82, 2.24) is 0 Å². The summed E-state index contributed by atoms with van der Waals surface area (Å²) in [4.78, 5) is 18.1. The number of rotatable bonds is 6. The molecule has 10 nitrogen and oxygen atoms in total. The molecular weight excluding hydrogens is 544 g/mol. The molecule has 2 N–H and O–H groups in total. The van der Waals surface area contributed by atoms with Crippen LogP contribution in [-0.2, 0) is 25.0 Å². The standard InChI is InChI=1S/C27H20N2O8S2/c1-37-19-12-10-17(11-13-19)16-22-27(30)29(26(28-22)18-6-3-2-4-7-18)23-15-14-20-21(25(23)39(34,35)36)8-5-9-24(20)38(31,32)33/h2-16H,1H3,(H,31,32,33)(H,34,35,36). The van der Waals surface area contributed by atoms with E-state index in [-0.39, 0.29) is 28.0 Å². The summed E-state index contributed by atoms with van der Waals surface area (Å²) in [7, 11) is -8.24. The van der Waals surface area contributed by atoms with Crippen LogP contribution in [0.4, 0.5) is 5.69 Å². The largest absolute Gasteiger partial charge is 0.497 e. The fourth-order valence-electron chi connectivity index (χ4n) is 4.34. The molecule has 1 aliphatic rings. The Morgan fingerprint density at radius 2 is 1.49 bits per heavy atom.